The maximum absolute atomic E-state index is 11.4. The van der Waals surface area contributed by atoms with Gasteiger partial charge in [0.2, 0.25) is 10.0 Å². The second-order valence-electron chi connectivity index (χ2n) is 3.73. The van der Waals surface area contributed by atoms with Crippen molar-refractivity contribution in [3.63, 3.8) is 0 Å². The molecule has 0 atom stereocenters. The molecule has 6 heteroatoms. The predicted octanol–water partition coefficient (Wildman–Crippen LogP) is -1.00. The summed E-state index contributed by atoms with van der Waals surface area (Å²) in [5.41, 5.74) is 5.35. The molecule has 2 N–H and O–H groups in total. The highest BCUT2D eigenvalue weighted by Crippen LogP contribution is 2.20. The molecule has 0 radical (unpaired) electrons. The maximum atomic E-state index is 11.4. The molecule has 1 aliphatic rings. The highest BCUT2D eigenvalue weighted by atomic mass is 32.2. The Hall–Kier alpha value is -0.170. The van der Waals surface area contributed by atoms with E-state index < -0.39 is 10.0 Å². The summed E-state index contributed by atoms with van der Waals surface area (Å²) in [6.45, 7) is 2.91. The third-order valence-corrected chi connectivity index (χ3v) is 3.74. The van der Waals surface area contributed by atoms with Gasteiger partial charge in [-0.3, -0.25) is 0 Å². The first-order valence-electron chi connectivity index (χ1n) is 4.13. The van der Waals surface area contributed by atoms with Crippen LogP contribution in [0.2, 0.25) is 0 Å². The van der Waals surface area contributed by atoms with Gasteiger partial charge in [-0.05, 0) is 6.92 Å². The monoisotopic (exact) mass is 208 g/mol. The van der Waals surface area contributed by atoms with Crippen molar-refractivity contribution < 1.29 is 13.2 Å². The molecular formula is C7H16N2O3S. The molecular weight excluding hydrogens is 192 g/mol. The molecule has 13 heavy (non-hydrogen) atoms. The summed E-state index contributed by atoms with van der Waals surface area (Å²) in [6, 6.07) is 0. The van der Waals surface area contributed by atoms with E-state index in [-0.39, 0.29) is 17.9 Å². The van der Waals surface area contributed by atoms with Gasteiger partial charge in [-0.25, -0.2) is 8.42 Å². The van der Waals surface area contributed by atoms with E-state index in [4.69, 9.17) is 10.5 Å². The highest BCUT2D eigenvalue weighted by molar-refractivity contribution is 7.89. The average molecular weight is 208 g/mol. The zero-order chi connectivity index (χ0) is 10.1. The lowest BCUT2D eigenvalue weighted by atomic mass is 9.97. The topological polar surface area (TPSA) is 72.6 Å². The van der Waals surface area contributed by atoms with Gasteiger partial charge in [-0.1, -0.05) is 0 Å². The van der Waals surface area contributed by atoms with Gasteiger partial charge >= 0.3 is 0 Å². The Morgan fingerprint density at radius 3 is 2.46 bits per heavy atom. The zero-order valence-electron chi connectivity index (χ0n) is 7.99. The van der Waals surface area contributed by atoms with Gasteiger partial charge in [0, 0.05) is 25.7 Å². The van der Waals surface area contributed by atoms with E-state index in [2.05, 4.69) is 0 Å². The Morgan fingerprint density at radius 1 is 1.54 bits per heavy atom. The predicted molar refractivity (Wildman–Crippen MR) is 49.8 cm³/mol. The maximum Gasteiger partial charge on any atom is 0.216 e. The Labute approximate surface area is 78.9 Å². The number of sulfonamides is 1. The van der Waals surface area contributed by atoms with E-state index in [0.717, 1.165) is 0 Å². The first kappa shape index (κ1) is 10.9. The van der Waals surface area contributed by atoms with Gasteiger partial charge in [0.15, 0.2) is 0 Å². The SMILES string of the molecule is COCCS(=O)(=O)N1CC(C)(N)C1. The summed E-state index contributed by atoms with van der Waals surface area (Å²) >= 11 is 0. The van der Waals surface area contributed by atoms with Crippen LogP contribution >= 0.6 is 0 Å². The number of nitrogens with two attached hydrogens (primary N) is 1. The molecule has 0 bridgehead atoms. The summed E-state index contributed by atoms with van der Waals surface area (Å²) in [4.78, 5) is 0. The lowest BCUT2D eigenvalue weighted by Gasteiger charge is -2.44. The van der Waals surface area contributed by atoms with Crippen LogP contribution in [0.25, 0.3) is 0 Å². The largest absolute Gasteiger partial charge is 0.384 e. The van der Waals surface area contributed by atoms with Gasteiger partial charge in [0.05, 0.1) is 12.4 Å². The Morgan fingerprint density at radius 2 is 2.08 bits per heavy atom. The van der Waals surface area contributed by atoms with Crippen LogP contribution in [0.15, 0.2) is 0 Å². The lowest BCUT2D eigenvalue weighted by molar-refractivity contribution is 0.171. The van der Waals surface area contributed by atoms with E-state index in [1.165, 1.54) is 11.4 Å². The van der Waals surface area contributed by atoms with Crippen LogP contribution in [0.5, 0.6) is 0 Å². The third-order valence-electron chi connectivity index (χ3n) is 2.01. The molecule has 0 aromatic rings. The van der Waals surface area contributed by atoms with Gasteiger partial charge in [-0.15, -0.1) is 0 Å². The molecule has 0 spiro atoms. The number of rotatable bonds is 4. The van der Waals surface area contributed by atoms with Crippen LogP contribution in [0.3, 0.4) is 0 Å². The van der Waals surface area contributed by atoms with E-state index in [9.17, 15) is 8.42 Å². The first-order valence-corrected chi connectivity index (χ1v) is 5.74. The minimum Gasteiger partial charge on any atom is -0.384 e. The number of nitrogens with zero attached hydrogens (tertiary/aromatic N) is 1. The molecule has 1 aliphatic heterocycles. The summed E-state index contributed by atoms with van der Waals surface area (Å²) in [5.74, 6) is 0.0413. The summed E-state index contributed by atoms with van der Waals surface area (Å²) in [7, 11) is -1.64. The normalized spacial score (nSPS) is 22.7. The smallest absolute Gasteiger partial charge is 0.216 e. The quantitative estimate of drug-likeness (QED) is 0.643. The molecule has 78 valence electrons. The number of hydrogen-bond donors (Lipinski definition) is 1. The van der Waals surface area contributed by atoms with E-state index >= 15 is 0 Å². The van der Waals surface area contributed by atoms with Crippen molar-refractivity contribution in [3.8, 4) is 0 Å². The van der Waals surface area contributed by atoms with Crippen molar-refractivity contribution in [2.45, 2.75) is 12.5 Å². The van der Waals surface area contributed by atoms with Crippen molar-refractivity contribution in [1.29, 1.82) is 0 Å². The lowest BCUT2D eigenvalue weighted by Crippen LogP contribution is -2.67. The molecule has 0 aromatic carbocycles. The molecule has 0 amide bonds. The second-order valence-corrected chi connectivity index (χ2v) is 5.82. The number of methoxy groups -OCH3 is 1. The fraction of sp³-hybridized carbons (Fsp3) is 1.00. The fourth-order valence-electron chi connectivity index (χ4n) is 1.27. The van der Waals surface area contributed by atoms with Crippen molar-refractivity contribution in [2.75, 3.05) is 32.6 Å². The van der Waals surface area contributed by atoms with Crippen LogP contribution < -0.4 is 5.73 Å². The average Bonchev–Trinajstić information content (AvgIpc) is 1.96. The van der Waals surface area contributed by atoms with Crippen molar-refractivity contribution >= 4 is 10.0 Å². The van der Waals surface area contributed by atoms with Crippen molar-refractivity contribution in [3.05, 3.63) is 0 Å². The number of ether oxygens (including phenoxy) is 1. The molecule has 0 unspecified atom stereocenters. The van der Waals surface area contributed by atoms with E-state index in [1.807, 2.05) is 6.92 Å². The van der Waals surface area contributed by atoms with Crippen LogP contribution in [0.1, 0.15) is 6.92 Å². The van der Waals surface area contributed by atoms with Crippen LogP contribution in [-0.4, -0.2) is 50.8 Å². The van der Waals surface area contributed by atoms with Gasteiger partial charge in [0.1, 0.15) is 0 Å². The summed E-state index contributed by atoms with van der Waals surface area (Å²) in [6.07, 6.45) is 0. The molecule has 1 rings (SSSR count). The molecule has 1 saturated heterocycles. The molecule has 1 heterocycles. The van der Waals surface area contributed by atoms with Gasteiger partial charge < -0.3 is 10.5 Å². The van der Waals surface area contributed by atoms with Crippen molar-refractivity contribution in [2.24, 2.45) is 5.73 Å². The Bertz CT molecular complexity index is 265. The summed E-state index contributed by atoms with van der Waals surface area (Å²) < 4.78 is 29.0. The second kappa shape index (κ2) is 3.53. The minimum absolute atomic E-state index is 0.0413. The Balaban J connectivity index is 2.45. The molecule has 0 aromatic heterocycles. The highest BCUT2D eigenvalue weighted by Gasteiger charge is 2.41. The minimum atomic E-state index is -3.13. The van der Waals surface area contributed by atoms with Gasteiger partial charge in [0.25, 0.3) is 0 Å². The fourth-order valence-corrected chi connectivity index (χ4v) is 2.89. The van der Waals surface area contributed by atoms with Crippen LogP contribution in [0.4, 0.5) is 0 Å². The van der Waals surface area contributed by atoms with Crippen LogP contribution in [-0.2, 0) is 14.8 Å². The van der Waals surface area contributed by atoms with Crippen molar-refractivity contribution in [1.82, 2.24) is 4.31 Å². The standard InChI is InChI=1S/C7H16N2O3S/c1-7(8)5-9(6-7)13(10,11)4-3-12-2/h3-6,8H2,1-2H3. The van der Waals surface area contributed by atoms with E-state index in [1.54, 1.807) is 0 Å². The van der Waals surface area contributed by atoms with Gasteiger partial charge in [-0.2, -0.15) is 4.31 Å². The molecule has 1 fully saturated rings. The molecule has 0 aliphatic carbocycles. The first-order chi connectivity index (χ1) is 5.87. The zero-order valence-corrected chi connectivity index (χ0v) is 8.80. The third kappa shape index (κ3) is 2.63. The number of hydrogen-bond acceptors (Lipinski definition) is 4. The summed E-state index contributed by atoms with van der Waals surface area (Å²) in [5, 5.41) is 0. The molecule has 5 nitrogen and oxygen atoms in total. The Kier molecular flexibility index (Phi) is 2.96. The van der Waals surface area contributed by atoms with Crippen LogP contribution in [0, 0.1) is 0 Å². The van der Waals surface area contributed by atoms with E-state index in [0.29, 0.717) is 13.1 Å². The molecule has 0 saturated carbocycles.